The van der Waals surface area contributed by atoms with Gasteiger partial charge >= 0.3 is 0 Å². The highest BCUT2D eigenvalue weighted by Gasteiger charge is 2.00. The maximum atomic E-state index is 10.9. The molecule has 5 nitrogen and oxygen atoms in total. The number of carbonyl (C=O) groups is 1. The Morgan fingerprint density at radius 1 is 1.41 bits per heavy atom. The monoisotopic (exact) mass is 231 g/mol. The number of nitrogens with one attached hydrogen (secondary N) is 1. The zero-order valence-corrected chi connectivity index (χ0v) is 9.42. The number of benzene rings is 1. The van der Waals surface area contributed by atoms with Crippen molar-refractivity contribution in [2.45, 2.75) is 13.5 Å². The second kappa shape index (κ2) is 4.80. The van der Waals surface area contributed by atoms with Crippen LogP contribution in [0.25, 0.3) is 5.69 Å². The molecule has 0 aliphatic carbocycles. The lowest BCUT2D eigenvalue weighted by molar-refractivity contribution is -0.114. The number of aromatic nitrogens is 2. The van der Waals surface area contributed by atoms with Gasteiger partial charge in [-0.15, -0.1) is 0 Å². The number of anilines is 1. The van der Waals surface area contributed by atoms with E-state index < -0.39 is 0 Å². The molecule has 1 heterocycles. The molecule has 0 saturated carbocycles. The first-order chi connectivity index (χ1) is 8.19. The molecule has 0 atom stereocenters. The van der Waals surface area contributed by atoms with Gasteiger partial charge in [-0.1, -0.05) is 0 Å². The average Bonchev–Trinajstić information content (AvgIpc) is 2.78. The molecular weight excluding hydrogens is 218 g/mol. The van der Waals surface area contributed by atoms with Crippen LogP contribution in [-0.2, 0) is 11.4 Å². The number of aliphatic hydroxyl groups excluding tert-OH is 1. The van der Waals surface area contributed by atoms with Gasteiger partial charge in [0.2, 0.25) is 5.91 Å². The molecule has 2 rings (SSSR count). The Morgan fingerprint density at radius 3 is 2.65 bits per heavy atom. The molecule has 0 radical (unpaired) electrons. The Kier molecular flexibility index (Phi) is 3.20. The van der Waals surface area contributed by atoms with Gasteiger partial charge in [0.1, 0.15) is 0 Å². The third kappa shape index (κ3) is 2.70. The Bertz CT molecular complexity index is 517. The summed E-state index contributed by atoms with van der Waals surface area (Å²) in [6.07, 6.45) is 3.37. The van der Waals surface area contributed by atoms with Gasteiger partial charge in [0.25, 0.3) is 0 Å². The lowest BCUT2D eigenvalue weighted by Crippen LogP contribution is -2.05. The van der Waals surface area contributed by atoms with E-state index in [9.17, 15) is 4.79 Å². The summed E-state index contributed by atoms with van der Waals surface area (Å²) >= 11 is 0. The van der Waals surface area contributed by atoms with Gasteiger partial charge < -0.3 is 10.4 Å². The number of aliphatic hydroxyl groups is 1. The van der Waals surface area contributed by atoms with Crippen LogP contribution in [0.15, 0.2) is 36.7 Å². The Hall–Kier alpha value is -2.14. The molecule has 0 spiro atoms. The van der Waals surface area contributed by atoms with E-state index in [4.69, 9.17) is 5.11 Å². The van der Waals surface area contributed by atoms with Crippen molar-refractivity contribution < 1.29 is 9.90 Å². The Balaban J connectivity index is 2.19. The first-order valence-electron chi connectivity index (χ1n) is 5.21. The van der Waals surface area contributed by atoms with Crippen LogP contribution in [0.1, 0.15) is 12.5 Å². The zero-order chi connectivity index (χ0) is 12.3. The molecule has 1 amide bonds. The number of hydrogen-bond donors (Lipinski definition) is 2. The van der Waals surface area contributed by atoms with E-state index in [2.05, 4.69) is 10.4 Å². The van der Waals surface area contributed by atoms with E-state index in [0.29, 0.717) is 0 Å². The number of carbonyl (C=O) groups excluding carboxylic acids is 1. The van der Waals surface area contributed by atoms with Crippen LogP contribution in [0.4, 0.5) is 5.69 Å². The normalized spacial score (nSPS) is 10.2. The number of nitrogens with zero attached hydrogens (tertiary/aromatic N) is 2. The molecule has 5 heteroatoms. The second-order valence-corrected chi connectivity index (χ2v) is 3.68. The van der Waals surface area contributed by atoms with Gasteiger partial charge in [0, 0.05) is 24.4 Å². The van der Waals surface area contributed by atoms with Crippen LogP contribution < -0.4 is 5.32 Å². The fourth-order valence-corrected chi connectivity index (χ4v) is 1.48. The third-order valence-electron chi connectivity index (χ3n) is 2.27. The van der Waals surface area contributed by atoms with Crippen molar-refractivity contribution in [3.05, 3.63) is 42.2 Å². The lowest BCUT2D eigenvalue weighted by Gasteiger charge is -2.04. The largest absolute Gasteiger partial charge is 0.392 e. The van der Waals surface area contributed by atoms with Crippen LogP contribution in [0, 0.1) is 0 Å². The first-order valence-corrected chi connectivity index (χ1v) is 5.21. The van der Waals surface area contributed by atoms with Crippen molar-refractivity contribution in [2.24, 2.45) is 0 Å². The fraction of sp³-hybridized carbons (Fsp3) is 0.167. The minimum atomic E-state index is -0.0978. The molecule has 0 fully saturated rings. The standard InChI is InChI=1S/C12H13N3O2/c1-9(17)14-11-2-4-12(5-3-11)15-7-10(8-16)6-13-15/h2-7,16H,8H2,1H3,(H,14,17). The SMILES string of the molecule is CC(=O)Nc1ccc(-n2cc(CO)cn2)cc1. The summed E-state index contributed by atoms with van der Waals surface area (Å²) in [6, 6.07) is 7.30. The summed E-state index contributed by atoms with van der Waals surface area (Å²) in [4.78, 5) is 10.9. The molecule has 1 aromatic carbocycles. The second-order valence-electron chi connectivity index (χ2n) is 3.68. The molecule has 2 N–H and O–H groups in total. The van der Waals surface area contributed by atoms with Crippen LogP contribution in [0.3, 0.4) is 0 Å². The number of rotatable bonds is 3. The van der Waals surface area contributed by atoms with E-state index in [1.165, 1.54) is 6.92 Å². The molecule has 0 aliphatic rings. The molecule has 0 unspecified atom stereocenters. The predicted molar refractivity (Wildman–Crippen MR) is 63.8 cm³/mol. The molecular formula is C12H13N3O2. The highest BCUT2D eigenvalue weighted by molar-refractivity contribution is 5.88. The van der Waals surface area contributed by atoms with Gasteiger partial charge in [0.15, 0.2) is 0 Å². The predicted octanol–water partition coefficient (Wildman–Crippen LogP) is 1.32. The summed E-state index contributed by atoms with van der Waals surface area (Å²) < 4.78 is 1.67. The van der Waals surface area contributed by atoms with Crippen LogP contribution in [0.2, 0.25) is 0 Å². The van der Waals surface area contributed by atoms with E-state index >= 15 is 0 Å². The van der Waals surface area contributed by atoms with Crippen LogP contribution >= 0.6 is 0 Å². The summed E-state index contributed by atoms with van der Waals surface area (Å²) in [5, 5.41) is 15.7. The van der Waals surface area contributed by atoms with Crippen LogP contribution in [0.5, 0.6) is 0 Å². The van der Waals surface area contributed by atoms with Gasteiger partial charge in [0.05, 0.1) is 18.5 Å². The summed E-state index contributed by atoms with van der Waals surface area (Å²) in [5.74, 6) is -0.0978. The number of hydrogen-bond acceptors (Lipinski definition) is 3. The Labute approximate surface area is 98.7 Å². The van der Waals surface area contributed by atoms with Crippen molar-refractivity contribution >= 4 is 11.6 Å². The van der Waals surface area contributed by atoms with Gasteiger partial charge in [-0.3, -0.25) is 4.79 Å². The average molecular weight is 231 g/mol. The molecule has 0 saturated heterocycles. The molecule has 0 aliphatic heterocycles. The summed E-state index contributed by atoms with van der Waals surface area (Å²) in [6.45, 7) is 1.44. The van der Waals surface area contributed by atoms with Crippen molar-refractivity contribution in [1.29, 1.82) is 0 Å². The summed E-state index contributed by atoms with van der Waals surface area (Å²) in [7, 11) is 0. The number of amides is 1. The molecule has 17 heavy (non-hydrogen) atoms. The topological polar surface area (TPSA) is 67.2 Å². The fourth-order valence-electron chi connectivity index (χ4n) is 1.48. The van der Waals surface area contributed by atoms with Crippen molar-refractivity contribution in [1.82, 2.24) is 9.78 Å². The van der Waals surface area contributed by atoms with E-state index in [1.807, 2.05) is 12.1 Å². The minimum absolute atomic E-state index is 0.0238. The maximum absolute atomic E-state index is 10.9. The highest BCUT2D eigenvalue weighted by atomic mass is 16.3. The minimum Gasteiger partial charge on any atom is -0.392 e. The molecule has 2 aromatic rings. The first kappa shape index (κ1) is 11.3. The van der Waals surface area contributed by atoms with E-state index in [-0.39, 0.29) is 12.5 Å². The smallest absolute Gasteiger partial charge is 0.221 e. The van der Waals surface area contributed by atoms with Gasteiger partial charge in [-0.25, -0.2) is 4.68 Å². The molecule has 0 bridgehead atoms. The van der Waals surface area contributed by atoms with E-state index in [0.717, 1.165) is 16.9 Å². The van der Waals surface area contributed by atoms with Crippen molar-refractivity contribution in [3.63, 3.8) is 0 Å². The molecule has 88 valence electrons. The zero-order valence-electron chi connectivity index (χ0n) is 9.42. The van der Waals surface area contributed by atoms with Crippen molar-refractivity contribution in [3.8, 4) is 5.69 Å². The van der Waals surface area contributed by atoms with Crippen molar-refractivity contribution in [2.75, 3.05) is 5.32 Å². The summed E-state index contributed by atoms with van der Waals surface area (Å²) in [5.41, 5.74) is 2.38. The molecule has 1 aromatic heterocycles. The van der Waals surface area contributed by atoms with E-state index in [1.54, 1.807) is 29.2 Å². The lowest BCUT2D eigenvalue weighted by atomic mass is 10.3. The van der Waals surface area contributed by atoms with Gasteiger partial charge in [-0.05, 0) is 24.3 Å². The van der Waals surface area contributed by atoms with Gasteiger partial charge in [-0.2, -0.15) is 5.10 Å². The van der Waals surface area contributed by atoms with Crippen LogP contribution in [-0.4, -0.2) is 20.8 Å². The Morgan fingerprint density at radius 2 is 2.12 bits per heavy atom. The third-order valence-corrected chi connectivity index (χ3v) is 2.27. The quantitative estimate of drug-likeness (QED) is 0.837. The highest BCUT2D eigenvalue weighted by Crippen LogP contribution is 2.13. The maximum Gasteiger partial charge on any atom is 0.221 e.